The molecule has 1 heterocycles. The minimum atomic E-state index is -3.74. The van der Waals surface area contributed by atoms with Gasteiger partial charge in [-0.2, -0.15) is 4.31 Å². The van der Waals surface area contributed by atoms with E-state index < -0.39 is 16.1 Å². The quantitative estimate of drug-likeness (QED) is 0.804. The number of hydrogen-bond donors (Lipinski definition) is 0. The van der Waals surface area contributed by atoms with Crippen LogP contribution in [0.3, 0.4) is 0 Å². The van der Waals surface area contributed by atoms with E-state index in [2.05, 4.69) is 0 Å². The molecule has 0 radical (unpaired) electrons. The van der Waals surface area contributed by atoms with E-state index in [1.807, 2.05) is 6.92 Å². The second-order valence-corrected chi connectivity index (χ2v) is 7.38. The lowest BCUT2D eigenvalue weighted by Crippen LogP contribution is -2.38. The molecule has 2 atom stereocenters. The summed E-state index contributed by atoms with van der Waals surface area (Å²) in [7, 11) is -3.74. The molecule has 0 aromatic heterocycles. The van der Waals surface area contributed by atoms with E-state index in [1.165, 1.54) is 22.5 Å². The SMILES string of the molecule is C[C@@H]1CCN(S(=O)(=O)c2cc(Cl)cc(Cl)c2)C1C=O. The maximum Gasteiger partial charge on any atom is 0.243 e. The van der Waals surface area contributed by atoms with Gasteiger partial charge in [0.05, 0.1) is 10.9 Å². The van der Waals surface area contributed by atoms with Crippen molar-refractivity contribution in [2.75, 3.05) is 6.54 Å². The number of benzene rings is 1. The number of sulfonamides is 1. The molecule has 2 rings (SSSR count). The molecule has 1 fully saturated rings. The summed E-state index contributed by atoms with van der Waals surface area (Å²) in [5.41, 5.74) is 0. The Morgan fingerprint density at radius 1 is 1.26 bits per heavy atom. The zero-order valence-corrected chi connectivity index (χ0v) is 12.5. The number of rotatable bonds is 3. The van der Waals surface area contributed by atoms with Crippen molar-refractivity contribution in [1.82, 2.24) is 4.31 Å². The second kappa shape index (κ2) is 5.40. The Morgan fingerprint density at radius 2 is 1.84 bits per heavy atom. The molecule has 0 aliphatic carbocycles. The molecule has 7 heteroatoms. The lowest BCUT2D eigenvalue weighted by molar-refractivity contribution is -0.111. The highest BCUT2D eigenvalue weighted by molar-refractivity contribution is 7.89. The molecule has 1 saturated heterocycles. The van der Waals surface area contributed by atoms with Crippen molar-refractivity contribution < 1.29 is 13.2 Å². The molecule has 104 valence electrons. The monoisotopic (exact) mass is 321 g/mol. The van der Waals surface area contributed by atoms with E-state index in [-0.39, 0.29) is 20.9 Å². The van der Waals surface area contributed by atoms with Gasteiger partial charge in [0.2, 0.25) is 10.0 Å². The van der Waals surface area contributed by atoms with E-state index in [9.17, 15) is 13.2 Å². The van der Waals surface area contributed by atoms with Gasteiger partial charge in [-0.15, -0.1) is 0 Å². The Bertz CT molecular complexity index is 583. The van der Waals surface area contributed by atoms with Gasteiger partial charge in [0.1, 0.15) is 6.29 Å². The molecule has 0 N–H and O–H groups in total. The van der Waals surface area contributed by atoms with Crippen molar-refractivity contribution in [3.8, 4) is 0 Å². The van der Waals surface area contributed by atoms with Crippen LogP contribution in [-0.2, 0) is 14.8 Å². The maximum absolute atomic E-state index is 12.5. The predicted molar refractivity (Wildman–Crippen MR) is 74.0 cm³/mol. The van der Waals surface area contributed by atoms with Gasteiger partial charge in [-0.3, -0.25) is 0 Å². The van der Waals surface area contributed by atoms with Crippen LogP contribution in [0.25, 0.3) is 0 Å². The van der Waals surface area contributed by atoms with Gasteiger partial charge in [-0.25, -0.2) is 8.42 Å². The molecule has 0 amide bonds. The lowest BCUT2D eigenvalue weighted by Gasteiger charge is -2.21. The van der Waals surface area contributed by atoms with E-state index >= 15 is 0 Å². The van der Waals surface area contributed by atoms with E-state index in [0.717, 1.165) is 0 Å². The van der Waals surface area contributed by atoms with Gasteiger partial charge in [0.25, 0.3) is 0 Å². The van der Waals surface area contributed by atoms with Crippen LogP contribution >= 0.6 is 23.2 Å². The fourth-order valence-corrected chi connectivity index (χ4v) is 4.63. The third-order valence-electron chi connectivity index (χ3n) is 3.30. The average Bonchev–Trinajstić information content (AvgIpc) is 2.69. The molecule has 4 nitrogen and oxygen atoms in total. The molecule has 1 aromatic carbocycles. The van der Waals surface area contributed by atoms with Crippen LogP contribution in [0.1, 0.15) is 13.3 Å². The number of halogens is 2. The van der Waals surface area contributed by atoms with Crippen LogP contribution in [0.2, 0.25) is 10.0 Å². The first-order valence-electron chi connectivity index (χ1n) is 5.79. The van der Waals surface area contributed by atoms with E-state index in [1.54, 1.807) is 0 Å². The average molecular weight is 322 g/mol. The number of hydrogen-bond acceptors (Lipinski definition) is 3. The van der Waals surface area contributed by atoms with Gasteiger partial charge < -0.3 is 4.79 Å². The Hall–Kier alpha value is -0.620. The Morgan fingerprint density at radius 3 is 2.37 bits per heavy atom. The summed E-state index contributed by atoms with van der Waals surface area (Å²) >= 11 is 11.6. The van der Waals surface area contributed by atoms with E-state index in [4.69, 9.17) is 23.2 Å². The number of carbonyl (C=O) groups is 1. The largest absolute Gasteiger partial charge is 0.302 e. The first kappa shape index (κ1) is 14.8. The summed E-state index contributed by atoms with van der Waals surface area (Å²) < 4.78 is 26.2. The molecule has 1 unspecified atom stereocenters. The van der Waals surface area contributed by atoms with Crippen LogP contribution < -0.4 is 0 Å². The fourth-order valence-electron chi connectivity index (χ4n) is 2.23. The summed E-state index contributed by atoms with van der Waals surface area (Å²) in [6.07, 6.45) is 1.35. The fraction of sp³-hybridized carbons (Fsp3) is 0.417. The maximum atomic E-state index is 12.5. The first-order valence-corrected chi connectivity index (χ1v) is 7.99. The van der Waals surface area contributed by atoms with Crippen molar-refractivity contribution in [2.24, 2.45) is 5.92 Å². The molecule has 1 aromatic rings. The lowest BCUT2D eigenvalue weighted by atomic mass is 10.1. The van der Waals surface area contributed by atoms with Gasteiger partial charge in [0.15, 0.2) is 0 Å². The molecule has 0 saturated carbocycles. The number of aldehydes is 1. The Kier molecular flexibility index (Phi) is 4.20. The summed E-state index contributed by atoms with van der Waals surface area (Å²) in [6.45, 7) is 2.19. The molecule has 0 bridgehead atoms. The van der Waals surface area contributed by atoms with Crippen molar-refractivity contribution >= 4 is 39.5 Å². The van der Waals surface area contributed by atoms with Gasteiger partial charge in [-0.05, 0) is 30.5 Å². The normalized spacial score (nSPS) is 24.6. The standard InChI is InChI=1S/C12H13Cl2NO3S/c1-8-2-3-15(12(8)7-16)19(17,18)11-5-9(13)4-10(14)6-11/h4-8,12H,2-3H2,1H3/t8-,12?/m1/s1. The topological polar surface area (TPSA) is 54.5 Å². The molecular formula is C12H13Cl2NO3S. The molecule has 1 aliphatic heterocycles. The highest BCUT2D eigenvalue weighted by Gasteiger charge is 2.39. The zero-order chi connectivity index (χ0) is 14.2. The molecule has 19 heavy (non-hydrogen) atoms. The number of carbonyl (C=O) groups excluding carboxylic acids is 1. The van der Waals surface area contributed by atoms with Gasteiger partial charge >= 0.3 is 0 Å². The first-order chi connectivity index (χ1) is 8.86. The van der Waals surface area contributed by atoms with Crippen molar-refractivity contribution in [3.05, 3.63) is 28.2 Å². The smallest absolute Gasteiger partial charge is 0.243 e. The van der Waals surface area contributed by atoms with Crippen LogP contribution in [-0.4, -0.2) is 31.6 Å². The molecular weight excluding hydrogens is 309 g/mol. The summed E-state index contributed by atoms with van der Waals surface area (Å²) in [4.78, 5) is 11.1. The van der Waals surface area contributed by atoms with Crippen molar-refractivity contribution in [1.29, 1.82) is 0 Å². The number of nitrogens with zero attached hydrogens (tertiary/aromatic N) is 1. The minimum absolute atomic E-state index is 0.0157. The van der Waals surface area contributed by atoms with Crippen LogP contribution in [0.4, 0.5) is 0 Å². The van der Waals surface area contributed by atoms with E-state index in [0.29, 0.717) is 19.3 Å². The molecule has 0 spiro atoms. The van der Waals surface area contributed by atoms with Crippen molar-refractivity contribution in [3.63, 3.8) is 0 Å². The Labute approximate surface area is 122 Å². The summed E-state index contributed by atoms with van der Waals surface area (Å²) in [5, 5.41) is 0.502. The third-order valence-corrected chi connectivity index (χ3v) is 5.61. The highest BCUT2D eigenvalue weighted by atomic mass is 35.5. The Balaban J connectivity index is 2.45. The summed E-state index contributed by atoms with van der Waals surface area (Å²) in [6, 6.07) is 3.52. The van der Waals surface area contributed by atoms with Crippen LogP contribution in [0.15, 0.2) is 23.1 Å². The summed E-state index contributed by atoms with van der Waals surface area (Å²) in [5.74, 6) is 0.0157. The molecule has 1 aliphatic rings. The third kappa shape index (κ3) is 2.79. The van der Waals surface area contributed by atoms with Crippen LogP contribution in [0, 0.1) is 5.92 Å². The van der Waals surface area contributed by atoms with Gasteiger partial charge in [0, 0.05) is 16.6 Å². The second-order valence-electron chi connectivity index (χ2n) is 4.61. The van der Waals surface area contributed by atoms with Gasteiger partial charge in [-0.1, -0.05) is 30.1 Å². The van der Waals surface area contributed by atoms with Crippen molar-refractivity contribution in [2.45, 2.75) is 24.3 Å². The highest BCUT2D eigenvalue weighted by Crippen LogP contribution is 2.31. The minimum Gasteiger partial charge on any atom is -0.302 e. The zero-order valence-electron chi connectivity index (χ0n) is 10.2. The predicted octanol–water partition coefficient (Wildman–Crippen LogP) is 2.59. The van der Waals surface area contributed by atoms with Crippen LogP contribution in [0.5, 0.6) is 0 Å².